The highest BCUT2D eigenvalue weighted by Gasteiger charge is 2.32. The summed E-state index contributed by atoms with van der Waals surface area (Å²) in [4.78, 5) is 26.9. The van der Waals surface area contributed by atoms with Crippen molar-refractivity contribution in [3.8, 4) is 22.3 Å². The fourth-order valence-electron chi connectivity index (χ4n) is 5.64. The molecular formula is C35H39FN2O6. The van der Waals surface area contributed by atoms with Crippen LogP contribution in [0.3, 0.4) is 0 Å². The number of amides is 1. The van der Waals surface area contributed by atoms with Gasteiger partial charge in [0.25, 0.3) is 5.91 Å². The van der Waals surface area contributed by atoms with Crippen LogP contribution < -0.4 is 0 Å². The molecule has 0 aliphatic carbocycles. The van der Waals surface area contributed by atoms with Crippen molar-refractivity contribution in [1.82, 2.24) is 9.47 Å². The van der Waals surface area contributed by atoms with Crippen LogP contribution in [0, 0.1) is 5.82 Å². The molecule has 2 atom stereocenters. The van der Waals surface area contributed by atoms with E-state index in [1.165, 1.54) is 17.0 Å². The summed E-state index contributed by atoms with van der Waals surface area (Å²) < 4.78 is 16.0. The van der Waals surface area contributed by atoms with Crippen LogP contribution >= 0.6 is 0 Å². The van der Waals surface area contributed by atoms with Gasteiger partial charge in [-0.25, -0.2) is 4.39 Å². The number of halogens is 1. The minimum absolute atomic E-state index is 0.118. The van der Waals surface area contributed by atoms with Gasteiger partial charge in [-0.1, -0.05) is 72.8 Å². The maximum atomic E-state index is 14.5. The van der Waals surface area contributed by atoms with Crippen LogP contribution in [0.25, 0.3) is 22.3 Å². The van der Waals surface area contributed by atoms with E-state index in [1.807, 2.05) is 79.1 Å². The number of aliphatic carboxylic acids is 1. The van der Waals surface area contributed by atoms with Gasteiger partial charge in [0.05, 0.1) is 18.6 Å². The number of carboxylic acid groups (broad SMARTS) is 1. The second-order valence-corrected chi connectivity index (χ2v) is 11.2. The molecule has 232 valence electrons. The third-order valence-electron chi connectivity index (χ3n) is 7.56. The zero-order valence-corrected chi connectivity index (χ0v) is 24.9. The van der Waals surface area contributed by atoms with Gasteiger partial charge in [-0.05, 0) is 61.9 Å². The van der Waals surface area contributed by atoms with Gasteiger partial charge >= 0.3 is 5.97 Å². The van der Waals surface area contributed by atoms with Gasteiger partial charge in [0.1, 0.15) is 18.2 Å². The number of aliphatic hydroxyl groups is 3. The third kappa shape index (κ3) is 7.79. The van der Waals surface area contributed by atoms with Crippen molar-refractivity contribution < 1.29 is 34.4 Å². The van der Waals surface area contributed by atoms with Crippen LogP contribution in [-0.2, 0) is 17.8 Å². The van der Waals surface area contributed by atoms with Gasteiger partial charge in [-0.15, -0.1) is 0 Å². The summed E-state index contributed by atoms with van der Waals surface area (Å²) in [5.74, 6) is -1.96. The first kappa shape index (κ1) is 32.6. The Balaban J connectivity index is 1.91. The number of carbonyl (C=O) groups excluding carboxylic acids is 1. The molecule has 1 aromatic heterocycles. The number of benzene rings is 3. The van der Waals surface area contributed by atoms with Crippen molar-refractivity contribution >= 4 is 11.9 Å². The van der Waals surface area contributed by atoms with Gasteiger partial charge in [0.2, 0.25) is 0 Å². The third-order valence-corrected chi connectivity index (χ3v) is 7.56. The van der Waals surface area contributed by atoms with E-state index in [2.05, 4.69) is 0 Å². The molecule has 0 aliphatic rings. The van der Waals surface area contributed by atoms with Crippen LogP contribution in [-0.4, -0.2) is 60.7 Å². The molecule has 0 saturated heterocycles. The fraction of sp³-hybridized carbons (Fsp3) is 0.314. The molecule has 0 saturated carbocycles. The van der Waals surface area contributed by atoms with Crippen molar-refractivity contribution in [2.45, 2.75) is 64.3 Å². The van der Waals surface area contributed by atoms with Crippen molar-refractivity contribution in [2.75, 3.05) is 6.73 Å². The molecular weight excluding hydrogens is 563 g/mol. The summed E-state index contributed by atoms with van der Waals surface area (Å²) in [5, 5.41) is 40.3. The summed E-state index contributed by atoms with van der Waals surface area (Å²) >= 11 is 0. The molecule has 0 fully saturated rings. The highest BCUT2D eigenvalue weighted by Crippen LogP contribution is 2.43. The Hall–Kier alpha value is -4.31. The largest absolute Gasteiger partial charge is 0.481 e. The van der Waals surface area contributed by atoms with Crippen LogP contribution in [0.5, 0.6) is 0 Å². The average molecular weight is 603 g/mol. The van der Waals surface area contributed by atoms with Crippen molar-refractivity contribution in [3.05, 3.63) is 108 Å². The molecule has 4 aromatic rings. The molecule has 3 aromatic carbocycles. The standard InChI is InChI=1S/C35H39FN2O6/c1-23(2)38-30(18-17-28(40)19-29(41)20-31(42)43)32(26-13-15-27(36)16-14-26)33(25-11-7-4-8-12-25)34(38)35(44)37(22-39)21-24-9-5-3-6-10-24/h3-16,23,28-29,39-41H,17-22H2,1-2H3,(H,42,43). The number of carboxylic acids is 1. The van der Waals surface area contributed by atoms with Crippen molar-refractivity contribution in [1.29, 1.82) is 0 Å². The molecule has 0 spiro atoms. The predicted octanol–water partition coefficient (Wildman–Crippen LogP) is 5.65. The molecule has 2 unspecified atom stereocenters. The van der Waals surface area contributed by atoms with Crippen LogP contribution in [0.1, 0.15) is 60.9 Å². The second kappa shape index (κ2) is 14.9. The number of nitrogens with zero attached hydrogens (tertiary/aromatic N) is 2. The molecule has 44 heavy (non-hydrogen) atoms. The lowest BCUT2D eigenvalue weighted by Gasteiger charge is -2.24. The monoisotopic (exact) mass is 602 g/mol. The van der Waals surface area contributed by atoms with E-state index < -0.39 is 43.1 Å². The topological polar surface area (TPSA) is 123 Å². The Kier molecular flexibility index (Phi) is 11.1. The first-order valence-corrected chi connectivity index (χ1v) is 14.7. The minimum atomic E-state index is -1.20. The van der Waals surface area contributed by atoms with E-state index in [9.17, 15) is 29.3 Å². The van der Waals surface area contributed by atoms with Crippen molar-refractivity contribution in [2.24, 2.45) is 0 Å². The van der Waals surface area contributed by atoms with Crippen molar-refractivity contribution in [3.63, 3.8) is 0 Å². The lowest BCUT2D eigenvalue weighted by molar-refractivity contribution is -0.139. The summed E-state index contributed by atoms with van der Waals surface area (Å²) in [6.07, 6.45) is -2.35. The molecule has 9 heteroatoms. The molecule has 8 nitrogen and oxygen atoms in total. The number of hydrogen-bond donors (Lipinski definition) is 4. The van der Waals surface area contributed by atoms with E-state index in [1.54, 1.807) is 12.1 Å². The summed E-state index contributed by atoms with van der Waals surface area (Å²) in [5.41, 5.74) is 4.67. The van der Waals surface area contributed by atoms with Gasteiger partial charge in [0.15, 0.2) is 0 Å². The zero-order valence-electron chi connectivity index (χ0n) is 24.9. The number of aliphatic hydroxyl groups excluding tert-OH is 3. The SMILES string of the molecule is CC(C)n1c(CCC(O)CC(O)CC(=O)O)c(-c2ccc(F)cc2)c(-c2ccccc2)c1C(=O)N(CO)Cc1ccccc1. The Morgan fingerprint density at radius 1 is 0.841 bits per heavy atom. The van der Waals surface area contributed by atoms with Gasteiger partial charge in [-0.3, -0.25) is 9.59 Å². The first-order valence-electron chi connectivity index (χ1n) is 14.7. The summed E-state index contributed by atoms with van der Waals surface area (Å²) in [6, 6.07) is 24.6. The number of carbonyl (C=O) groups is 2. The fourth-order valence-corrected chi connectivity index (χ4v) is 5.64. The Labute approximate surface area is 256 Å². The minimum Gasteiger partial charge on any atom is -0.481 e. The maximum absolute atomic E-state index is 14.5. The van der Waals surface area contributed by atoms with E-state index in [-0.39, 0.29) is 31.8 Å². The van der Waals surface area contributed by atoms with Crippen LogP contribution in [0.15, 0.2) is 84.9 Å². The molecule has 4 N–H and O–H groups in total. The lowest BCUT2D eigenvalue weighted by atomic mass is 9.92. The van der Waals surface area contributed by atoms with Gasteiger partial charge in [0, 0.05) is 29.4 Å². The Morgan fingerprint density at radius 3 is 2.00 bits per heavy atom. The first-order chi connectivity index (χ1) is 21.1. The van der Waals surface area contributed by atoms with Gasteiger partial charge < -0.3 is 29.9 Å². The van der Waals surface area contributed by atoms with E-state index in [4.69, 9.17) is 5.11 Å². The Bertz CT molecular complexity index is 1540. The average Bonchev–Trinajstić information content (AvgIpc) is 3.34. The number of hydrogen-bond acceptors (Lipinski definition) is 5. The van der Waals surface area contributed by atoms with E-state index in [0.29, 0.717) is 22.4 Å². The molecule has 0 bridgehead atoms. The summed E-state index contributed by atoms with van der Waals surface area (Å²) in [6.45, 7) is 3.54. The van der Waals surface area contributed by atoms with E-state index in [0.717, 1.165) is 16.8 Å². The van der Waals surface area contributed by atoms with Crippen LogP contribution in [0.4, 0.5) is 4.39 Å². The number of rotatable bonds is 14. The smallest absolute Gasteiger partial charge is 0.305 e. The second-order valence-electron chi connectivity index (χ2n) is 11.2. The molecule has 1 amide bonds. The highest BCUT2D eigenvalue weighted by molar-refractivity contribution is 6.05. The molecule has 4 rings (SSSR count). The van der Waals surface area contributed by atoms with Gasteiger partial charge in [-0.2, -0.15) is 0 Å². The summed E-state index contributed by atoms with van der Waals surface area (Å²) in [7, 11) is 0. The highest BCUT2D eigenvalue weighted by atomic mass is 19.1. The molecule has 0 aliphatic heterocycles. The Morgan fingerprint density at radius 2 is 1.43 bits per heavy atom. The maximum Gasteiger partial charge on any atom is 0.305 e. The van der Waals surface area contributed by atoms with Crippen LogP contribution in [0.2, 0.25) is 0 Å². The molecule has 0 radical (unpaired) electrons. The van der Waals surface area contributed by atoms with E-state index >= 15 is 0 Å². The molecule has 1 heterocycles. The zero-order chi connectivity index (χ0) is 31.8. The predicted molar refractivity (Wildman–Crippen MR) is 166 cm³/mol. The normalized spacial score (nSPS) is 12.7. The quantitative estimate of drug-likeness (QED) is 0.138. The number of aromatic nitrogens is 1. The lowest BCUT2D eigenvalue weighted by Crippen LogP contribution is -2.34.